The first-order valence-corrected chi connectivity index (χ1v) is 4.50. The van der Waals surface area contributed by atoms with Crippen LogP contribution in [0.1, 0.15) is 33.6 Å². The number of hydrogen-bond acceptors (Lipinski definition) is 2. The van der Waals surface area contributed by atoms with E-state index >= 15 is 0 Å². The fourth-order valence-electron chi connectivity index (χ4n) is 1.38. The quantitative estimate of drug-likeness (QED) is 0.634. The molecule has 0 spiro atoms. The van der Waals surface area contributed by atoms with Gasteiger partial charge in [0.05, 0.1) is 0 Å². The second-order valence-electron chi connectivity index (χ2n) is 4.12. The fourth-order valence-corrected chi connectivity index (χ4v) is 1.38. The maximum atomic E-state index is 4.42. The summed E-state index contributed by atoms with van der Waals surface area (Å²) in [7, 11) is 0. The average Bonchev–Trinajstić information content (AvgIpc) is 2.10. The summed E-state index contributed by atoms with van der Waals surface area (Å²) >= 11 is 0. The Morgan fingerprint density at radius 3 is 2.83 bits per heavy atom. The van der Waals surface area contributed by atoms with Gasteiger partial charge in [-0.3, -0.25) is 4.99 Å². The van der Waals surface area contributed by atoms with E-state index in [1.54, 1.807) is 0 Å². The molecule has 0 atom stereocenters. The van der Waals surface area contributed by atoms with E-state index in [9.17, 15) is 0 Å². The molecule has 0 aromatic rings. The number of nitrogens with zero attached hydrogens (tertiary/aromatic N) is 1. The zero-order chi connectivity index (χ0) is 9.19. The maximum absolute atomic E-state index is 4.42. The van der Waals surface area contributed by atoms with Crippen LogP contribution in [0.4, 0.5) is 0 Å². The molecule has 0 amide bonds. The summed E-state index contributed by atoms with van der Waals surface area (Å²) in [5.41, 5.74) is 1.21. The van der Waals surface area contributed by atoms with Gasteiger partial charge >= 0.3 is 0 Å². The van der Waals surface area contributed by atoms with Gasteiger partial charge in [-0.1, -0.05) is 6.58 Å². The Bertz CT molecular complexity index is 214. The lowest BCUT2D eigenvalue weighted by Crippen LogP contribution is -2.42. The molecule has 0 aromatic heterocycles. The molecule has 0 fully saturated rings. The second kappa shape index (κ2) is 3.30. The highest BCUT2D eigenvalue weighted by atomic mass is 15.1. The molecule has 1 rings (SSSR count). The molecule has 68 valence electrons. The Labute approximate surface area is 74.8 Å². The van der Waals surface area contributed by atoms with E-state index in [1.807, 2.05) is 6.92 Å². The highest BCUT2D eigenvalue weighted by molar-refractivity contribution is 5.97. The van der Waals surface area contributed by atoms with Gasteiger partial charge < -0.3 is 5.32 Å². The monoisotopic (exact) mass is 166 g/mol. The number of rotatable bonds is 1. The smallest absolute Gasteiger partial charge is 0.123 e. The molecular formula is C10H18N2. The van der Waals surface area contributed by atoms with E-state index < -0.39 is 0 Å². The second-order valence-corrected chi connectivity index (χ2v) is 4.12. The van der Waals surface area contributed by atoms with Crippen LogP contribution in [0.3, 0.4) is 0 Å². The lowest BCUT2D eigenvalue weighted by atomic mass is 9.99. The van der Waals surface area contributed by atoms with Gasteiger partial charge in [-0.15, -0.1) is 0 Å². The van der Waals surface area contributed by atoms with Gasteiger partial charge in [-0.2, -0.15) is 0 Å². The Morgan fingerprint density at radius 1 is 1.58 bits per heavy atom. The van der Waals surface area contributed by atoms with Gasteiger partial charge in [-0.25, -0.2) is 0 Å². The molecule has 1 aliphatic rings. The van der Waals surface area contributed by atoms with Crippen molar-refractivity contribution in [3.8, 4) is 0 Å². The van der Waals surface area contributed by atoms with E-state index in [2.05, 4.69) is 30.7 Å². The third kappa shape index (κ3) is 2.36. The molecule has 0 saturated carbocycles. The van der Waals surface area contributed by atoms with Crippen LogP contribution in [-0.4, -0.2) is 17.9 Å². The number of nitrogens with one attached hydrogen (secondary N) is 1. The third-order valence-corrected chi connectivity index (χ3v) is 2.09. The molecule has 12 heavy (non-hydrogen) atoms. The minimum Gasteiger partial charge on any atom is -0.365 e. The van der Waals surface area contributed by atoms with Crippen LogP contribution < -0.4 is 5.32 Å². The summed E-state index contributed by atoms with van der Waals surface area (Å²) in [5, 5.41) is 3.41. The van der Waals surface area contributed by atoms with Crippen LogP contribution in [0.15, 0.2) is 17.1 Å². The maximum Gasteiger partial charge on any atom is 0.123 e. The molecule has 0 radical (unpaired) electrons. The van der Waals surface area contributed by atoms with Crippen LogP contribution in [0, 0.1) is 0 Å². The van der Waals surface area contributed by atoms with Gasteiger partial charge in [-0.05, 0) is 39.2 Å². The van der Waals surface area contributed by atoms with Crippen molar-refractivity contribution >= 4 is 5.84 Å². The Kier molecular flexibility index (Phi) is 2.55. The number of hydrogen-bond donors (Lipinski definition) is 1. The van der Waals surface area contributed by atoms with Gasteiger partial charge in [0.1, 0.15) is 5.84 Å². The van der Waals surface area contributed by atoms with Crippen molar-refractivity contribution in [2.45, 2.75) is 39.2 Å². The van der Waals surface area contributed by atoms with Crippen molar-refractivity contribution in [1.29, 1.82) is 0 Å². The molecule has 0 unspecified atom stereocenters. The van der Waals surface area contributed by atoms with Crippen LogP contribution >= 0.6 is 0 Å². The average molecular weight is 166 g/mol. The first kappa shape index (κ1) is 9.30. The largest absolute Gasteiger partial charge is 0.365 e. The van der Waals surface area contributed by atoms with Crippen molar-refractivity contribution in [3.05, 3.63) is 12.2 Å². The SMILES string of the molecule is C=C(C)C1=NCCCC(C)(C)N1. The van der Waals surface area contributed by atoms with Gasteiger partial charge in [0.15, 0.2) is 0 Å². The van der Waals surface area contributed by atoms with Crippen LogP contribution in [0.2, 0.25) is 0 Å². The first-order chi connectivity index (χ1) is 5.51. The summed E-state index contributed by atoms with van der Waals surface area (Å²) in [6, 6.07) is 0. The van der Waals surface area contributed by atoms with E-state index in [-0.39, 0.29) is 5.54 Å². The van der Waals surface area contributed by atoms with E-state index in [4.69, 9.17) is 0 Å². The molecule has 2 heteroatoms. The summed E-state index contributed by atoms with van der Waals surface area (Å²) in [6.45, 7) is 11.2. The Morgan fingerprint density at radius 2 is 2.25 bits per heavy atom. The highest BCUT2D eigenvalue weighted by Crippen LogP contribution is 2.15. The van der Waals surface area contributed by atoms with Crippen LogP contribution in [0.25, 0.3) is 0 Å². The summed E-state index contributed by atoms with van der Waals surface area (Å²) in [6.07, 6.45) is 2.34. The van der Waals surface area contributed by atoms with Gasteiger partial charge in [0.25, 0.3) is 0 Å². The summed E-state index contributed by atoms with van der Waals surface area (Å²) in [5.74, 6) is 0.984. The zero-order valence-corrected chi connectivity index (χ0v) is 8.28. The van der Waals surface area contributed by atoms with E-state index in [0.717, 1.165) is 24.4 Å². The van der Waals surface area contributed by atoms with Crippen LogP contribution in [0.5, 0.6) is 0 Å². The summed E-state index contributed by atoms with van der Waals surface area (Å²) < 4.78 is 0. The highest BCUT2D eigenvalue weighted by Gasteiger charge is 2.20. The molecule has 1 N–H and O–H groups in total. The van der Waals surface area contributed by atoms with Gasteiger partial charge in [0.2, 0.25) is 0 Å². The fraction of sp³-hybridized carbons (Fsp3) is 0.700. The number of amidine groups is 1. The third-order valence-electron chi connectivity index (χ3n) is 2.09. The van der Waals surface area contributed by atoms with Gasteiger partial charge in [0, 0.05) is 12.1 Å². The lowest BCUT2D eigenvalue weighted by molar-refractivity contribution is 0.426. The zero-order valence-electron chi connectivity index (χ0n) is 8.28. The minimum absolute atomic E-state index is 0.175. The standard InChI is InChI=1S/C10H18N2/c1-8(2)9-11-7-5-6-10(3,4)12-9/h1,5-7H2,2-4H3,(H,11,12). The molecule has 0 bridgehead atoms. The van der Waals surface area contributed by atoms with E-state index in [1.165, 1.54) is 6.42 Å². The van der Waals surface area contributed by atoms with Crippen molar-refractivity contribution in [2.24, 2.45) is 4.99 Å². The van der Waals surface area contributed by atoms with Crippen LogP contribution in [-0.2, 0) is 0 Å². The summed E-state index contributed by atoms with van der Waals surface area (Å²) in [4.78, 5) is 4.42. The van der Waals surface area contributed by atoms with E-state index in [0.29, 0.717) is 0 Å². The molecule has 0 aliphatic carbocycles. The molecule has 1 aliphatic heterocycles. The van der Waals surface area contributed by atoms with Crippen molar-refractivity contribution in [1.82, 2.24) is 5.32 Å². The molecule has 0 aromatic carbocycles. The first-order valence-electron chi connectivity index (χ1n) is 4.50. The molecule has 0 saturated heterocycles. The topological polar surface area (TPSA) is 24.4 Å². The Balaban J connectivity index is 2.74. The Hall–Kier alpha value is -0.790. The molecular weight excluding hydrogens is 148 g/mol. The number of aliphatic imine (C=N–C) groups is 1. The minimum atomic E-state index is 0.175. The van der Waals surface area contributed by atoms with Crippen molar-refractivity contribution in [3.63, 3.8) is 0 Å². The predicted octanol–water partition coefficient (Wildman–Crippen LogP) is 2.12. The molecule has 2 nitrogen and oxygen atoms in total. The molecule has 1 heterocycles. The predicted molar refractivity (Wildman–Crippen MR) is 53.6 cm³/mol. The normalized spacial score (nSPS) is 22.1. The van der Waals surface area contributed by atoms with Crippen molar-refractivity contribution in [2.75, 3.05) is 6.54 Å². The van der Waals surface area contributed by atoms with Crippen molar-refractivity contribution < 1.29 is 0 Å². The lowest BCUT2D eigenvalue weighted by Gasteiger charge is -2.25.